The number of ether oxygens (including phenoxy) is 1. The number of nitrogens with zero attached hydrogens (tertiary/aromatic N) is 3. The first-order chi connectivity index (χ1) is 16.3. The minimum Gasteiger partial charge on any atom is -0.371 e. The molecular formula is C20H18F5N5O4S. The summed E-state index contributed by atoms with van der Waals surface area (Å²) in [6.07, 6.45) is -5.60. The summed E-state index contributed by atoms with van der Waals surface area (Å²) in [5.41, 5.74) is 2.06. The van der Waals surface area contributed by atoms with Gasteiger partial charge in [0.25, 0.3) is 5.91 Å². The molecule has 0 spiro atoms. The number of rotatable bonds is 4. The fourth-order valence-electron chi connectivity index (χ4n) is 4.06. The van der Waals surface area contributed by atoms with Crippen molar-refractivity contribution in [3.05, 3.63) is 59.2 Å². The van der Waals surface area contributed by atoms with Crippen LogP contribution in [0.5, 0.6) is 0 Å². The molecule has 3 N–H and O–H groups in total. The first kappa shape index (κ1) is 24.8. The van der Waals surface area contributed by atoms with Crippen molar-refractivity contribution in [2.24, 2.45) is 10.7 Å². The number of hydrogen-bond donors (Lipinski definition) is 2. The maximum atomic E-state index is 15.0. The van der Waals surface area contributed by atoms with Gasteiger partial charge in [-0.15, -0.1) is 0 Å². The van der Waals surface area contributed by atoms with Gasteiger partial charge in [0, 0.05) is 24.5 Å². The number of fused-ring (bicyclic) bond motifs is 1. The quantitative estimate of drug-likeness (QED) is 0.596. The van der Waals surface area contributed by atoms with Crippen molar-refractivity contribution in [2.75, 3.05) is 25.6 Å². The molecule has 1 saturated heterocycles. The molecular weight excluding hydrogens is 501 g/mol. The van der Waals surface area contributed by atoms with Gasteiger partial charge in [-0.05, 0) is 30.3 Å². The van der Waals surface area contributed by atoms with Crippen molar-refractivity contribution >= 4 is 27.6 Å². The molecule has 2 aliphatic heterocycles. The maximum absolute atomic E-state index is 15.0. The van der Waals surface area contributed by atoms with Crippen LogP contribution in [0.25, 0.3) is 0 Å². The zero-order chi connectivity index (χ0) is 25.8. The molecule has 1 aromatic heterocycles. The number of pyridine rings is 1. The summed E-state index contributed by atoms with van der Waals surface area (Å²) in [6.45, 7) is -1.69. The van der Waals surface area contributed by atoms with Crippen LogP contribution in [-0.2, 0) is 26.5 Å². The molecule has 2 aliphatic rings. The zero-order valence-corrected chi connectivity index (χ0v) is 18.7. The highest BCUT2D eigenvalue weighted by molar-refractivity contribution is 7.90. The van der Waals surface area contributed by atoms with E-state index in [1.807, 2.05) is 0 Å². The molecule has 1 amide bonds. The second-order valence-electron chi connectivity index (χ2n) is 7.91. The lowest BCUT2D eigenvalue weighted by Gasteiger charge is -2.39. The molecule has 0 bridgehead atoms. The molecule has 0 aliphatic carbocycles. The van der Waals surface area contributed by atoms with Gasteiger partial charge in [0.15, 0.2) is 0 Å². The number of carbonyl (C=O) groups excluding carboxylic acids is 1. The van der Waals surface area contributed by atoms with Gasteiger partial charge in [-0.3, -0.25) is 9.78 Å². The third-order valence-corrected chi connectivity index (χ3v) is 8.12. The summed E-state index contributed by atoms with van der Waals surface area (Å²) < 4.78 is 98.9. The van der Waals surface area contributed by atoms with E-state index in [9.17, 15) is 30.8 Å². The number of sulfonamides is 1. The first-order valence-electron chi connectivity index (χ1n) is 9.96. The van der Waals surface area contributed by atoms with Crippen LogP contribution in [0.2, 0.25) is 0 Å². The number of aromatic nitrogens is 1. The molecule has 0 saturated carbocycles. The Morgan fingerprint density at radius 2 is 2.03 bits per heavy atom. The molecule has 9 nitrogen and oxygen atoms in total. The maximum Gasteiger partial charge on any atom is 0.417 e. The summed E-state index contributed by atoms with van der Waals surface area (Å²) >= 11 is 0. The van der Waals surface area contributed by atoms with Crippen molar-refractivity contribution in [1.82, 2.24) is 9.29 Å². The van der Waals surface area contributed by atoms with Crippen LogP contribution < -0.4 is 11.1 Å². The predicted octanol–water partition coefficient (Wildman–Crippen LogP) is 2.01. The normalized spacial score (nSPS) is 25.7. The molecule has 35 heavy (non-hydrogen) atoms. The second-order valence-corrected chi connectivity index (χ2v) is 10.00. The largest absolute Gasteiger partial charge is 0.417 e. The zero-order valence-electron chi connectivity index (χ0n) is 17.9. The van der Waals surface area contributed by atoms with Crippen LogP contribution in [0.3, 0.4) is 0 Å². The standard InChI is InChI=1S/C20H18F5N5O4S/c1-30-18(26)29-19(9-34-15(7-21)16(19)35(30,32)33)12-6-11(3-4-13(12)22)28-17(31)14-5-2-10(8-27-14)20(23,24)25/h2-6,8,15-16H,7,9H2,1H3,(H2,26,29)(H,28,31)/t15-,16-,19-/m1/s1. The van der Waals surface area contributed by atoms with Gasteiger partial charge in [-0.1, -0.05) is 0 Å². The minimum absolute atomic E-state index is 0.0463. The Balaban J connectivity index is 1.72. The number of aliphatic imine (C=N–C) groups is 1. The lowest BCUT2D eigenvalue weighted by atomic mass is 9.86. The van der Waals surface area contributed by atoms with Gasteiger partial charge in [0.2, 0.25) is 16.0 Å². The van der Waals surface area contributed by atoms with Crippen molar-refractivity contribution in [1.29, 1.82) is 0 Å². The molecule has 4 rings (SSSR count). The number of halogens is 5. The van der Waals surface area contributed by atoms with Gasteiger partial charge < -0.3 is 15.8 Å². The number of nitrogens with one attached hydrogen (secondary N) is 1. The number of anilines is 1. The van der Waals surface area contributed by atoms with E-state index in [4.69, 9.17) is 10.5 Å². The van der Waals surface area contributed by atoms with Gasteiger partial charge in [0.05, 0.1) is 12.2 Å². The highest BCUT2D eigenvalue weighted by Crippen LogP contribution is 2.46. The summed E-state index contributed by atoms with van der Waals surface area (Å²) in [7, 11) is -3.19. The molecule has 1 aromatic carbocycles. The number of nitrogens with two attached hydrogens (primary N) is 1. The van der Waals surface area contributed by atoms with Crippen LogP contribution in [0, 0.1) is 5.82 Å². The van der Waals surface area contributed by atoms with E-state index in [0.717, 1.165) is 31.3 Å². The number of alkyl halides is 4. The Hall–Kier alpha value is -3.33. The lowest BCUT2D eigenvalue weighted by molar-refractivity contribution is -0.137. The van der Waals surface area contributed by atoms with Crippen LogP contribution >= 0.6 is 0 Å². The smallest absolute Gasteiger partial charge is 0.371 e. The average Bonchev–Trinajstić information content (AvgIpc) is 3.19. The molecule has 0 unspecified atom stereocenters. The SMILES string of the molecule is CN1C(N)=N[C@@]2(c3cc(NC(=O)c4ccc(C(F)(F)F)cn4)ccc3F)CO[C@H](CF)[C@H]2S1(=O)=O. The average molecular weight is 519 g/mol. The Morgan fingerprint density at radius 3 is 2.63 bits per heavy atom. The molecule has 15 heteroatoms. The van der Waals surface area contributed by atoms with E-state index >= 15 is 4.39 Å². The van der Waals surface area contributed by atoms with Crippen LogP contribution in [0.4, 0.5) is 27.6 Å². The van der Waals surface area contributed by atoms with Gasteiger partial charge in [-0.25, -0.2) is 26.5 Å². The summed E-state index contributed by atoms with van der Waals surface area (Å²) in [5.74, 6) is -2.29. The second kappa shape index (κ2) is 8.41. The van der Waals surface area contributed by atoms with Crippen LogP contribution in [0.15, 0.2) is 41.5 Å². The van der Waals surface area contributed by atoms with E-state index in [-0.39, 0.29) is 16.9 Å². The van der Waals surface area contributed by atoms with Gasteiger partial charge in [0.1, 0.15) is 35.1 Å². The summed E-state index contributed by atoms with van der Waals surface area (Å²) in [5, 5.41) is 0.718. The first-order valence-corrected chi connectivity index (χ1v) is 11.5. The fraction of sp³-hybridized carbons (Fsp3) is 0.350. The highest BCUT2D eigenvalue weighted by atomic mass is 32.2. The van der Waals surface area contributed by atoms with Crippen LogP contribution in [0.1, 0.15) is 21.6 Å². The number of benzene rings is 1. The Bertz CT molecular complexity index is 1300. The van der Waals surface area contributed by atoms with Crippen molar-refractivity contribution < 1.29 is 39.9 Å². The van der Waals surface area contributed by atoms with E-state index in [2.05, 4.69) is 15.3 Å². The van der Waals surface area contributed by atoms with E-state index in [1.54, 1.807) is 0 Å². The van der Waals surface area contributed by atoms with E-state index < -0.39 is 69.6 Å². The molecule has 3 atom stereocenters. The number of hydrogen-bond acceptors (Lipinski definition) is 7. The van der Waals surface area contributed by atoms with E-state index in [0.29, 0.717) is 16.6 Å². The Labute approximate surface area is 195 Å². The van der Waals surface area contributed by atoms with Gasteiger partial charge >= 0.3 is 6.18 Å². The monoisotopic (exact) mass is 519 g/mol. The molecule has 1 fully saturated rings. The lowest BCUT2D eigenvalue weighted by Crippen LogP contribution is -2.59. The van der Waals surface area contributed by atoms with Crippen molar-refractivity contribution in [3.8, 4) is 0 Å². The fourth-order valence-corrected chi connectivity index (χ4v) is 5.98. The van der Waals surface area contributed by atoms with Crippen molar-refractivity contribution in [2.45, 2.75) is 23.1 Å². The highest BCUT2D eigenvalue weighted by Gasteiger charge is 2.62. The third kappa shape index (κ3) is 4.07. The Kier molecular flexibility index (Phi) is 5.95. The van der Waals surface area contributed by atoms with Crippen LogP contribution in [-0.4, -0.2) is 61.3 Å². The third-order valence-electron chi connectivity index (χ3n) is 5.83. The summed E-state index contributed by atoms with van der Waals surface area (Å²) in [4.78, 5) is 20.2. The molecule has 2 aromatic rings. The predicted molar refractivity (Wildman–Crippen MR) is 113 cm³/mol. The number of carbonyl (C=O) groups is 1. The molecule has 188 valence electrons. The summed E-state index contributed by atoms with van der Waals surface area (Å²) in [6, 6.07) is 4.70. The minimum atomic E-state index is -4.64. The number of guanidine groups is 1. The number of amides is 1. The molecule has 0 radical (unpaired) electrons. The topological polar surface area (TPSA) is 127 Å². The molecule has 3 heterocycles. The van der Waals surface area contributed by atoms with Crippen molar-refractivity contribution in [3.63, 3.8) is 0 Å². The van der Waals surface area contributed by atoms with E-state index in [1.165, 1.54) is 0 Å². The van der Waals surface area contributed by atoms with Gasteiger partial charge in [-0.2, -0.15) is 13.2 Å². The Morgan fingerprint density at radius 1 is 1.31 bits per heavy atom.